The second-order valence-corrected chi connectivity index (χ2v) is 7.56. The number of aryl methyl sites for hydroxylation is 1. The fraction of sp³-hybridized carbons (Fsp3) is 0.316. The summed E-state index contributed by atoms with van der Waals surface area (Å²) in [6.07, 6.45) is 1.71. The third-order valence-corrected chi connectivity index (χ3v) is 4.98. The highest BCUT2D eigenvalue weighted by molar-refractivity contribution is 8.00. The molecule has 0 aliphatic carbocycles. The van der Waals surface area contributed by atoms with Gasteiger partial charge in [-0.3, -0.25) is 0 Å². The maximum Gasteiger partial charge on any atom is 0.446 e. The molecule has 0 unspecified atom stereocenters. The number of nitrogens with zero attached hydrogens (tertiary/aromatic N) is 3. The molecule has 2 aromatic rings. The van der Waals surface area contributed by atoms with Gasteiger partial charge in [-0.25, -0.2) is 4.99 Å². The number of thioether (sulfide) groups is 1. The lowest BCUT2D eigenvalue weighted by molar-refractivity contribution is -0.0328. The Morgan fingerprint density at radius 3 is 2.52 bits per heavy atom. The van der Waals surface area contributed by atoms with Gasteiger partial charge in [0.2, 0.25) is 0 Å². The van der Waals surface area contributed by atoms with Crippen LogP contribution in [0.1, 0.15) is 12.5 Å². The van der Waals surface area contributed by atoms with Crippen molar-refractivity contribution in [3.05, 3.63) is 47.0 Å². The second-order valence-electron chi connectivity index (χ2n) is 6.01. The van der Waals surface area contributed by atoms with Crippen LogP contribution in [0.3, 0.4) is 0 Å². The van der Waals surface area contributed by atoms with E-state index in [-0.39, 0.29) is 16.7 Å². The first kappa shape index (κ1) is 21.4. The quantitative estimate of drug-likeness (QED) is 0.299. The minimum atomic E-state index is -4.32. The molecular weight excluding hydrogens is 395 g/mol. The summed E-state index contributed by atoms with van der Waals surface area (Å²) in [6.45, 7) is 4.76. The minimum absolute atomic E-state index is 0.128. The third kappa shape index (κ3) is 6.07. The summed E-state index contributed by atoms with van der Waals surface area (Å²) in [7, 11) is 3.71. The van der Waals surface area contributed by atoms with Crippen molar-refractivity contribution in [2.75, 3.05) is 25.5 Å². The zero-order valence-electron chi connectivity index (χ0n) is 15.5. The number of hydrogen-bond acceptors (Lipinski definition) is 3. The summed E-state index contributed by atoms with van der Waals surface area (Å²) in [5, 5.41) is 0.476. The maximum atomic E-state index is 12.6. The molecule has 0 atom stereocenters. The molecule has 0 amide bonds. The largest absolute Gasteiger partial charge is 0.446 e. The molecular formula is C19H21ClF3N3S. The normalized spacial score (nSPS) is 11.9. The van der Waals surface area contributed by atoms with Crippen molar-refractivity contribution in [1.82, 2.24) is 4.90 Å². The Morgan fingerprint density at radius 1 is 1.19 bits per heavy atom. The molecule has 0 saturated carbocycles. The summed E-state index contributed by atoms with van der Waals surface area (Å²) in [5.74, 6) is 0. The molecule has 2 aromatic carbocycles. The average molecular weight is 416 g/mol. The Morgan fingerprint density at radius 2 is 1.89 bits per heavy atom. The highest BCUT2D eigenvalue weighted by Crippen LogP contribution is 2.40. The van der Waals surface area contributed by atoms with Gasteiger partial charge < -0.3 is 9.80 Å². The van der Waals surface area contributed by atoms with E-state index in [1.54, 1.807) is 31.6 Å². The van der Waals surface area contributed by atoms with Crippen molar-refractivity contribution < 1.29 is 13.2 Å². The molecule has 27 heavy (non-hydrogen) atoms. The molecule has 0 aromatic heterocycles. The number of halogens is 4. The van der Waals surface area contributed by atoms with E-state index in [2.05, 4.69) is 4.99 Å². The standard InChI is InChI=1S/C19H21ClF3N3S/c1-5-25(3)12-24-17-9-13(2)18(11-16(17)20)26(4)14-7-6-8-15(10-14)27-19(21,22)23/h6-12H,5H2,1-4H3/b24-12-. The fourth-order valence-corrected chi connectivity index (χ4v) is 3.19. The van der Waals surface area contributed by atoms with E-state index in [9.17, 15) is 13.2 Å². The molecule has 2 rings (SSSR count). The van der Waals surface area contributed by atoms with E-state index in [0.29, 0.717) is 16.4 Å². The Balaban J connectivity index is 2.31. The van der Waals surface area contributed by atoms with Gasteiger partial charge in [0.05, 0.1) is 17.0 Å². The van der Waals surface area contributed by atoms with E-state index >= 15 is 0 Å². The Kier molecular flexibility index (Phi) is 7.06. The molecule has 0 heterocycles. The first-order chi connectivity index (χ1) is 12.6. The average Bonchev–Trinajstić information content (AvgIpc) is 2.60. The van der Waals surface area contributed by atoms with Gasteiger partial charge >= 0.3 is 5.51 Å². The van der Waals surface area contributed by atoms with Gasteiger partial charge in [0.1, 0.15) is 0 Å². The first-order valence-electron chi connectivity index (χ1n) is 8.25. The first-order valence-corrected chi connectivity index (χ1v) is 9.44. The van der Waals surface area contributed by atoms with Crippen LogP contribution in [-0.4, -0.2) is 37.4 Å². The lowest BCUT2D eigenvalue weighted by atomic mass is 10.1. The minimum Gasteiger partial charge on any atom is -0.366 e. The number of anilines is 2. The molecule has 0 fully saturated rings. The van der Waals surface area contributed by atoms with Crippen LogP contribution in [0.25, 0.3) is 0 Å². The van der Waals surface area contributed by atoms with Crippen molar-refractivity contribution in [2.45, 2.75) is 24.3 Å². The van der Waals surface area contributed by atoms with Crippen LogP contribution >= 0.6 is 23.4 Å². The predicted molar refractivity (Wildman–Crippen MR) is 109 cm³/mol. The second kappa shape index (κ2) is 8.89. The van der Waals surface area contributed by atoms with Crippen molar-refractivity contribution in [3.63, 3.8) is 0 Å². The summed E-state index contributed by atoms with van der Waals surface area (Å²) < 4.78 is 37.9. The van der Waals surface area contributed by atoms with E-state index < -0.39 is 5.51 Å². The van der Waals surface area contributed by atoms with Crippen molar-refractivity contribution in [2.24, 2.45) is 4.99 Å². The van der Waals surface area contributed by atoms with E-state index in [4.69, 9.17) is 11.6 Å². The van der Waals surface area contributed by atoms with Crippen LogP contribution in [0.4, 0.5) is 30.2 Å². The van der Waals surface area contributed by atoms with Crippen LogP contribution in [0.15, 0.2) is 46.3 Å². The van der Waals surface area contributed by atoms with Crippen LogP contribution < -0.4 is 4.90 Å². The van der Waals surface area contributed by atoms with E-state index in [1.165, 1.54) is 12.1 Å². The zero-order valence-corrected chi connectivity index (χ0v) is 17.1. The Hall–Kier alpha value is -1.86. The molecule has 8 heteroatoms. The number of rotatable bonds is 6. The SMILES string of the molecule is CCN(C)/C=N\c1cc(C)c(N(C)c2cccc(SC(F)(F)F)c2)cc1Cl. The summed E-state index contributed by atoms with van der Waals surface area (Å²) in [6, 6.07) is 9.96. The fourth-order valence-electron chi connectivity index (χ4n) is 2.39. The van der Waals surface area contributed by atoms with Crippen molar-refractivity contribution >= 4 is 46.8 Å². The Bertz CT molecular complexity index is 824. The monoisotopic (exact) mass is 415 g/mol. The van der Waals surface area contributed by atoms with Crippen molar-refractivity contribution in [1.29, 1.82) is 0 Å². The van der Waals surface area contributed by atoms with Crippen LogP contribution in [-0.2, 0) is 0 Å². The third-order valence-electron chi connectivity index (χ3n) is 3.96. The van der Waals surface area contributed by atoms with Gasteiger partial charge in [-0.05, 0) is 61.5 Å². The van der Waals surface area contributed by atoms with E-state index in [1.807, 2.05) is 36.8 Å². The molecule has 0 bridgehead atoms. The smallest absolute Gasteiger partial charge is 0.366 e. The summed E-state index contributed by atoms with van der Waals surface area (Å²) >= 11 is 6.24. The van der Waals surface area contributed by atoms with Gasteiger partial charge in [-0.1, -0.05) is 17.7 Å². The molecule has 0 spiro atoms. The van der Waals surface area contributed by atoms with Gasteiger partial charge in [-0.15, -0.1) is 0 Å². The van der Waals surface area contributed by atoms with Crippen LogP contribution in [0, 0.1) is 6.92 Å². The van der Waals surface area contributed by atoms with Gasteiger partial charge in [0.15, 0.2) is 0 Å². The maximum absolute atomic E-state index is 12.6. The molecule has 0 saturated heterocycles. The number of hydrogen-bond donors (Lipinski definition) is 0. The number of benzene rings is 2. The highest BCUT2D eigenvalue weighted by Gasteiger charge is 2.29. The van der Waals surface area contributed by atoms with Gasteiger partial charge in [-0.2, -0.15) is 13.2 Å². The van der Waals surface area contributed by atoms with E-state index in [0.717, 1.165) is 17.8 Å². The number of aliphatic imine (C=N–C) groups is 1. The van der Waals surface area contributed by atoms with Crippen molar-refractivity contribution in [3.8, 4) is 0 Å². The molecule has 146 valence electrons. The van der Waals surface area contributed by atoms with Gasteiger partial charge in [0.25, 0.3) is 0 Å². The Labute approximate surface area is 166 Å². The molecule has 0 aliphatic heterocycles. The summed E-state index contributed by atoms with van der Waals surface area (Å²) in [4.78, 5) is 8.26. The summed E-state index contributed by atoms with van der Waals surface area (Å²) in [5.41, 5.74) is -1.31. The molecule has 0 aliphatic rings. The molecule has 3 nitrogen and oxygen atoms in total. The van der Waals surface area contributed by atoms with Crippen LogP contribution in [0.2, 0.25) is 5.02 Å². The molecule has 0 radical (unpaired) electrons. The lowest BCUT2D eigenvalue weighted by Crippen LogP contribution is -2.14. The zero-order chi connectivity index (χ0) is 20.2. The van der Waals surface area contributed by atoms with Gasteiger partial charge in [0, 0.05) is 36.9 Å². The molecule has 0 N–H and O–H groups in total. The number of alkyl halides is 3. The van der Waals surface area contributed by atoms with Crippen LogP contribution in [0.5, 0.6) is 0 Å². The lowest BCUT2D eigenvalue weighted by Gasteiger charge is -2.23. The highest BCUT2D eigenvalue weighted by atomic mass is 35.5. The predicted octanol–water partition coefficient (Wildman–Crippen LogP) is 6.64. The topological polar surface area (TPSA) is 18.8 Å².